The van der Waals surface area contributed by atoms with Crippen LogP contribution in [-0.2, 0) is 6.54 Å². The lowest BCUT2D eigenvalue weighted by atomic mass is 10.1. The van der Waals surface area contributed by atoms with E-state index in [4.69, 9.17) is 11.6 Å². The Morgan fingerprint density at radius 1 is 1.14 bits per heavy atom. The van der Waals surface area contributed by atoms with Gasteiger partial charge in [0, 0.05) is 49.5 Å². The number of carbonyl (C=O) groups is 1. The van der Waals surface area contributed by atoms with E-state index < -0.39 is 6.09 Å². The van der Waals surface area contributed by atoms with Crippen molar-refractivity contribution in [1.82, 2.24) is 9.80 Å². The molecule has 5 nitrogen and oxygen atoms in total. The summed E-state index contributed by atoms with van der Waals surface area (Å²) in [7, 11) is 0. The van der Waals surface area contributed by atoms with Crippen LogP contribution in [-0.4, -0.2) is 59.8 Å². The molecule has 1 aliphatic rings. The Morgan fingerprint density at radius 3 is 2.50 bits per heavy atom. The molecule has 0 aromatic heterocycles. The Kier molecular flexibility index (Phi) is 7.31. The highest BCUT2D eigenvalue weighted by atomic mass is 35.5. The smallest absolute Gasteiger partial charge is 0.411 e. The van der Waals surface area contributed by atoms with Crippen LogP contribution in [0.1, 0.15) is 18.9 Å². The number of piperazine rings is 1. The number of anilines is 1. The molecule has 1 unspecified atom stereocenters. The van der Waals surface area contributed by atoms with E-state index in [0.717, 1.165) is 39.1 Å². The van der Waals surface area contributed by atoms with Gasteiger partial charge >= 0.3 is 6.09 Å². The lowest BCUT2D eigenvalue weighted by Gasteiger charge is -2.40. The fourth-order valence-electron chi connectivity index (χ4n) is 3.74. The third kappa shape index (κ3) is 5.71. The van der Waals surface area contributed by atoms with Crippen molar-refractivity contribution in [3.05, 3.63) is 65.2 Å². The van der Waals surface area contributed by atoms with Crippen LogP contribution in [0.15, 0.2) is 54.6 Å². The molecule has 1 N–H and O–H groups in total. The minimum absolute atomic E-state index is 0.482. The molecule has 150 valence electrons. The number of hydrogen-bond acceptors (Lipinski definition) is 3. The van der Waals surface area contributed by atoms with Crippen LogP contribution < -0.4 is 4.90 Å². The van der Waals surface area contributed by atoms with Crippen molar-refractivity contribution >= 4 is 23.4 Å². The molecule has 2 aromatic carbocycles. The zero-order chi connectivity index (χ0) is 19.9. The van der Waals surface area contributed by atoms with Gasteiger partial charge in [-0.25, -0.2) is 4.79 Å². The highest BCUT2D eigenvalue weighted by Gasteiger charge is 2.23. The maximum absolute atomic E-state index is 11.6. The summed E-state index contributed by atoms with van der Waals surface area (Å²) in [5.41, 5.74) is 2.01. The first kappa shape index (κ1) is 20.6. The molecule has 28 heavy (non-hydrogen) atoms. The Hall–Kier alpha value is -2.08. The van der Waals surface area contributed by atoms with Gasteiger partial charge in [-0.05, 0) is 49.7 Å². The number of rotatable bonds is 7. The number of halogens is 1. The van der Waals surface area contributed by atoms with E-state index in [1.807, 2.05) is 0 Å². The first-order valence-electron chi connectivity index (χ1n) is 9.79. The van der Waals surface area contributed by atoms with Gasteiger partial charge in [-0.15, -0.1) is 0 Å². The first-order chi connectivity index (χ1) is 13.5. The summed E-state index contributed by atoms with van der Waals surface area (Å²) in [5, 5.41) is 10.1. The van der Waals surface area contributed by atoms with Crippen LogP contribution in [0, 0.1) is 0 Å². The third-order valence-electron chi connectivity index (χ3n) is 5.30. The minimum Gasteiger partial charge on any atom is -0.465 e. The van der Waals surface area contributed by atoms with Crippen molar-refractivity contribution < 1.29 is 9.90 Å². The van der Waals surface area contributed by atoms with E-state index in [1.165, 1.54) is 10.5 Å². The second-order valence-electron chi connectivity index (χ2n) is 7.37. The van der Waals surface area contributed by atoms with Crippen molar-refractivity contribution in [2.45, 2.75) is 25.9 Å². The summed E-state index contributed by atoms with van der Waals surface area (Å²) in [5.74, 6) is 0. The van der Waals surface area contributed by atoms with Crippen molar-refractivity contribution in [2.75, 3.05) is 37.6 Å². The van der Waals surface area contributed by atoms with Gasteiger partial charge < -0.3 is 10.0 Å². The third-order valence-corrected chi connectivity index (χ3v) is 5.55. The second-order valence-corrected chi connectivity index (χ2v) is 7.81. The van der Waals surface area contributed by atoms with Gasteiger partial charge in [0.05, 0.1) is 0 Å². The Labute approximate surface area is 172 Å². The predicted octanol–water partition coefficient (Wildman–Crippen LogP) is 4.42. The Morgan fingerprint density at radius 2 is 1.86 bits per heavy atom. The van der Waals surface area contributed by atoms with Gasteiger partial charge in [-0.1, -0.05) is 41.9 Å². The molecule has 1 saturated heterocycles. The summed E-state index contributed by atoms with van der Waals surface area (Å²) >= 11 is 5.90. The summed E-state index contributed by atoms with van der Waals surface area (Å²) in [6, 6.07) is 18.0. The summed E-state index contributed by atoms with van der Waals surface area (Å²) in [6.45, 7) is 7.71. The van der Waals surface area contributed by atoms with Crippen LogP contribution in [0.5, 0.6) is 0 Å². The predicted molar refractivity (Wildman–Crippen MR) is 114 cm³/mol. The van der Waals surface area contributed by atoms with Crippen LogP contribution in [0.25, 0.3) is 0 Å². The number of hydrogen-bond donors (Lipinski definition) is 1. The van der Waals surface area contributed by atoms with Gasteiger partial charge in [0.15, 0.2) is 0 Å². The Bertz CT molecular complexity index is 754. The molecule has 6 heteroatoms. The number of amides is 1. The minimum atomic E-state index is -0.927. The maximum Gasteiger partial charge on any atom is 0.411 e. The second kappa shape index (κ2) is 9.92. The zero-order valence-electron chi connectivity index (χ0n) is 16.3. The molecule has 1 amide bonds. The largest absolute Gasteiger partial charge is 0.465 e. The number of nitrogens with zero attached hydrogens (tertiary/aromatic N) is 3. The summed E-state index contributed by atoms with van der Waals surface area (Å²) < 4.78 is 0. The molecule has 0 bridgehead atoms. The average Bonchev–Trinajstić information content (AvgIpc) is 2.69. The van der Waals surface area contributed by atoms with Crippen LogP contribution in [0.3, 0.4) is 0 Å². The molecule has 0 spiro atoms. The molecular weight excluding hydrogens is 374 g/mol. The molecule has 1 heterocycles. The average molecular weight is 402 g/mol. The van der Waals surface area contributed by atoms with Crippen molar-refractivity contribution in [3.8, 4) is 0 Å². The molecule has 0 radical (unpaired) electrons. The highest BCUT2D eigenvalue weighted by molar-refractivity contribution is 6.30. The van der Waals surface area contributed by atoms with E-state index in [0.29, 0.717) is 23.3 Å². The topological polar surface area (TPSA) is 47.0 Å². The van der Waals surface area contributed by atoms with E-state index >= 15 is 0 Å². The fraction of sp³-hybridized carbons (Fsp3) is 0.409. The van der Waals surface area contributed by atoms with E-state index in [2.05, 4.69) is 47.1 Å². The van der Waals surface area contributed by atoms with E-state index in [-0.39, 0.29) is 0 Å². The first-order valence-corrected chi connectivity index (χ1v) is 10.2. The maximum atomic E-state index is 11.6. The van der Waals surface area contributed by atoms with Crippen molar-refractivity contribution in [3.63, 3.8) is 0 Å². The quantitative estimate of drug-likeness (QED) is 0.746. The monoisotopic (exact) mass is 401 g/mol. The molecule has 1 atom stereocenters. The normalized spacial score (nSPS) is 18.1. The van der Waals surface area contributed by atoms with Gasteiger partial charge in [0.2, 0.25) is 0 Å². The summed E-state index contributed by atoms with van der Waals surface area (Å²) in [4.78, 5) is 18.0. The van der Waals surface area contributed by atoms with Crippen molar-refractivity contribution in [1.29, 1.82) is 0 Å². The van der Waals surface area contributed by atoms with E-state index in [1.54, 1.807) is 24.3 Å². The van der Waals surface area contributed by atoms with Gasteiger partial charge in [-0.2, -0.15) is 0 Å². The molecule has 2 aromatic rings. The molecule has 1 fully saturated rings. The van der Waals surface area contributed by atoms with Crippen LogP contribution in [0.4, 0.5) is 10.5 Å². The number of carboxylic acid groups (broad SMARTS) is 1. The standard InChI is InChI=1S/C22H28ClN3O2/c1-18-16-24(14-15-25(18)17-19-6-3-2-4-7-19)12-5-13-26(22(27)28)21-10-8-20(23)9-11-21/h2-4,6-11,18H,5,12-17H2,1H3,(H,27,28). The van der Waals surface area contributed by atoms with Crippen LogP contribution >= 0.6 is 11.6 Å². The molecule has 3 rings (SSSR count). The molecule has 0 saturated carbocycles. The molecule has 1 aliphatic heterocycles. The van der Waals surface area contributed by atoms with E-state index in [9.17, 15) is 9.90 Å². The van der Waals surface area contributed by atoms with Gasteiger partial charge in [0.1, 0.15) is 0 Å². The summed E-state index contributed by atoms with van der Waals surface area (Å²) in [6.07, 6.45) is -0.122. The Balaban J connectivity index is 1.46. The lowest BCUT2D eigenvalue weighted by Crippen LogP contribution is -2.51. The highest BCUT2D eigenvalue weighted by Crippen LogP contribution is 2.19. The van der Waals surface area contributed by atoms with Crippen molar-refractivity contribution in [2.24, 2.45) is 0 Å². The number of benzene rings is 2. The SMILES string of the molecule is CC1CN(CCCN(C(=O)O)c2ccc(Cl)cc2)CCN1Cc1ccccc1. The van der Waals surface area contributed by atoms with Crippen LogP contribution in [0.2, 0.25) is 5.02 Å². The fourth-order valence-corrected chi connectivity index (χ4v) is 3.86. The molecular formula is C22H28ClN3O2. The lowest BCUT2D eigenvalue weighted by molar-refractivity contribution is 0.0773. The van der Waals surface area contributed by atoms with Gasteiger partial charge in [0.25, 0.3) is 0 Å². The van der Waals surface area contributed by atoms with Gasteiger partial charge in [-0.3, -0.25) is 9.80 Å². The zero-order valence-corrected chi connectivity index (χ0v) is 17.1. The molecule has 0 aliphatic carbocycles.